The molecular weight excluding hydrogens is 356 g/mol. The lowest BCUT2D eigenvalue weighted by Gasteiger charge is -2.08. The number of hydrogen-bond acceptors (Lipinski definition) is 5. The summed E-state index contributed by atoms with van der Waals surface area (Å²) in [7, 11) is 3.02. The van der Waals surface area contributed by atoms with Gasteiger partial charge in [-0.1, -0.05) is 31.2 Å². The van der Waals surface area contributed by atoms with Crippen LogP contribution in [0.25, 0.3) is 11.0 Å². The van der Waals surface area contributed by atoms with Crippen molar-refractivity contribution >= 4 is 34.3 Å². The van der Waals surface area contributed by atoms with E-state index in [0.29, 0.717) is 23.3 Å². The number of benzene rings is 1. The Morgan fingerprint density at radius 1 is 1.18 bits per heavy atom. The second kappa shape index (κ2) is 8.12. The molecule has 0 aliphatic carbocycles. The Hall–Kier alpha value is -3.35. The highest BCUT2D eigenvalue weighted by Gasteiger charge is 2.23. The number of nitrogens with zero attached hydrogens (tertiary/aromatic N) is 2. The van der Waals surface area contributed by atoms with Crippen LogP contribution in [0.1, 0.15) is 35.5 Å². The minimum atomic E-state index is -0.533. The molecule has 0 aliphatic heterocycles. The van der Waals surface area contributed by atoms with E-state index < -0.39 is 5.97 Å². The van der Waals surface area contributed by atoms with Crippen LogP contribution in [-0.2, 0) is 29.5 Å². The van der Waals surface area contributed by atoms with Crippen LogP contribution in [0.15, 0.2) is 36.5 Å². The highest BCUT2D eigenvalue weighted by molar-refractivity contribution is 6.10. The summed E-state index contributed by atoms with van der Waals surface area (Å²) >= 11 is 0. The maximum atomic E-state index is 12.2. The molecule has 0 radical (unpaired) electrons. The number of carbonyl (C=O) groups is 2. The zero-order valence-corrected chi connectivity index (χ0v) is 16.5. The van der Waals surface area contributed by atoms with Gasteiger partial charge in [-0.2, -0.15) is 0 Å². The lowest BCUT2D eigenvalue weighted by Crippen LogP contribution is -2.13. The highest BCUT2D eigenvalue weighted by atomic mass is 16.5. The number of fused-ring (bicyclic) bond motifs is 1. The van der Waals surface area contributed by atoms with Gasteiger partial charge in [0, 0.05) is 25.9 Å². The second-order valence-electron chi connectivity index (χ2n) is 6.57. The Labute approximate surface area is 163 Å². The molecule has 0 spiro atoms. The molecule has 7 nitrogen and oxygen atoms in total. The number of pyridine rings is 1. The summed E-state index contributed by atoms with van der Waals surface area (Å²) in [6, 6.07) is 10.3. The molecule has 28 heavy (non-hydrogen) atoms. The predicted octanol–water partition coefficient (Wildman–Crippen LogP) is 3.49. The first-order valence-electron chi connectivity index (χ1n) is 9.10. The van der Waals surface area contributed by atoms with Crippen LogP contribution >= 0.6 is 0 Å². The minimum absolute atomic E-state index is 0.257. The van der Waals surface area contributed by atoms with Crippen molar-refractivity contribution in [2.45, 2.75) is 26.8 Å². The van der Waals surface area contributed by atoms with Gasteiger partial charge in [0.25, 0.3) is 0 Å². The standard InChI is InChI=1S/C21H24N4O3/c1-5-14-6-8-15(9-7-14)11-22-16-10-17-18(24-13(2)26)19(21(27)28-4)25(3)20(17)23-12-16/h6-10,12,22H,5,11H2,1-4H3,(H,24,26). The number of rotatable bonds is 6. The van der Waals surface area contributed by atoms with Crippen LogP contribution in [0.4, 0.5) is 11.4 Å². The van der Waals surface area contributed by atoms with Crippen LogP contribution in [0.5, 0.6) is 0 Å². The van der Waals surface area contributed by atoms with Crippen molar-refractivity contribution in [1.29, 1.82) is 0 Å². The van der Waals surface area contributed by atoms with Gasteiger partial charge in [-0.3, -0.25) is 4.79 Å². The van der Waals surface area contributed by atoms with Gasteiger partial charge in [0.2, 0.25) is 5.91 Å². The highest BCUT2D eigenvalue weighted by Crippen LogP contribution is 2.31. The molecule has 1 aromatic carbocycles. The number of amides is 1. The summed E-state index contributed by atoms with van der Waals surface area (Å²) in [6.45, 7) is 4.17. The molecule has 7 heteroatoms. The van der Waals surface area contributed by atoms with Gasteiger partial charge in [0.15, 0.2) is 5.69 Å². The molecule has 0 saturated carbocycles. The molecular formula is C21H24N4O3. The summed E-state index contributed by atoms with van der Waals surface area (Å²) in [5.74, 6) is -0.804. The molecule has 0 aliphatic rings. The summed E-state index contributed by atoms with van der Waals surface area (Å²) in [5, 5.41) is 6.75. The fourth-order valence-corrected chi connectivity index (χ4v) is 3.14. The molecule has 2 N–H and O–H groups in total. The number of nitrogens with one attached hydrogen (secondary N) is 2. The van der Waals surface area contributed by atoms with Crippen LogP contribution in [0.3, 0.4) is 0 Å². The van der Waals surface area contributed by atoms with Crippen LogP contribution in [-0.4, -0.2) is 28.5 Å². The van der Waals surface area contributed by atoms with Crippen molar-refractivity contribution in [1.82, 2.24) is 9.55 Å². The summed E-state index contributed by atoms with van der Waals surface area (Å²) in [4.78, 5) is 28.4. The molecule has 0 bridgehead atoms. The smallest absolute Gasteiger partial charge is 0.356 e. The molecule has 0 unspecified atom stereocenters. The van der Waals surface area contributed by atoms with E-state index >= 15 is 0 Å². The van der Waals surface area contributed by atoms with E-state index in [0.717, 1.165) is 17.7 Å². The van der Waals surface area contributed by atoms with Gasteiger partial charge < -0.3 is 19.9 Å². The van der Waals surface area contributed by atoms with Gasteiger partial charge >= 0.3 is 5.97 Å². The summed E-state index contributed by atoms with van der Waals surface area (Å²) in [5.41, 5.74) is 4.49. The fraction of sp³-hybridized carbons (Fsp3) is 0.286. The number of aromatic nitrogens is 2. The third kappa shape index (κ3) is 3.83. The fourth-order valence-electron chi connectivity index (χ4n) is 3.14. The molecule has 2 heterocycles. The summed E-state index contributed by atoms with van der Waals surface area (Å²) in [6.07, 6.45) is 2.72. The molecule has 0 fully saturated rings. The topological polar surface area (TPSA) is 85.2 Å². The Bertz CT molecular complexity index is 1020. The number of anilines is 2. The van der Waals surface area contributed by atoms with Gasteiger partial charge in [0.1, 0.15) is 5.65 Å². The van der Waals surface area contributed by atoms with Gasteiger partial charge in [0.05, 0.1) is 24.7 Å². The van der Waals surface area contributed by atoms with Crippen molar-refractivity contribution in [2.24, 2.45) is 7.05 Å². The average molecular weight is 380 g/mol. The predicted molar refractivity (Wildman–Crippen MR) is 110 cm³/mol. The molecule has 3 rings (SSSR count). The second-order valence-corrected chi connectivity index (χ2v) is 6.57. The van der Waals surface area contributed by atoms with Gasteiger partial charge in [-0.15, -0.1) is 0 Å². The van der Waals surface area contributed by atoms with Crippen LogP contribution < -0.4 is 10.6 Å². The van der Waals surface area contributed by atoms with E-state index in [4.69, 9.17) is 4.74 Å². The zero-order valence-electron chi connectivity index (χ0n) is 16.5. The minimum Gasteiger partial charge on any atom is -0.464 e. The van der Waals surface area contributed by atoms with E-state index in [-0.39, 0.29) is 11.6 Å². The number of methoxy groups -OCH3 is 1. The van der Waals surface area contributed by atoms with Crippen molar-refractivity contribution in [3.63, 3.8) is 0 Å². The van der Waals surface area contributed by atoms with Crippen molar-refractivity contribution in [3.8, 4) is 0 Å². The lowest BCUT2D eigenvalue weighted by atomic mass is 10.1. The van der Waals surface area contributed by atoms with Crippen molar-refractivity contribution in [2.75, 3.05) is 17.7 Å². The van der Waals surface area contributed by atoms with E-state index in [2.05, 4.69) is 46.8 Å². The number of carbonyl (C=O) groups excluding carboxylic acids is 2. The van der Waals surface area contributed by atoms with E-state index in [1.54, 1.807) is 17.8 Å². The van der Waals surface area contributed by atoms with Gasteiger partial charge in [-0.05, 0) is 23.6 Å². The quantitative estimate of drug-likeness (QED) is 0.640. The molecule has 3 aromatic rings. The Balaban J connectivity index is 1.94. The monoisotopic (exact) mass is 380 g/mol. The molecule has 146 valence electrons. The normalized spacial score (nSPS) is 10.7. The number of ether oxygens (including phenoxy) is 1. The number of hydrogen-bond donors (Lipinski definition) is 2. The van der Waals surface area contributed by atoms with Gasteiger partial charge in [-0.25, -0.2) is 9.78 Å². The average Bonchev–Trinajstić information content (AvgIpc) is 2.97. The molecule has 1 amide bonds. The number of esters is 1. The maximum Gasteiger partial charge on any atom is 0.356 e. The van der Waals surface area contributed by atoms with E-state index in [9.17, 15) is 9.59 Å². The Kier molecular flexibility index (Phi) is 5.63. The first-order chi connectivity index (χ1) is 13.4. The van der Waals surface area contributed by atoms with Crippen LogP contribution in [0.2, 0.25) is 0 Å². The maximum absolute atomic E-state index is 12.2. The third-order valence-electron chi connectivity index (χ3n) is 4.63. The van der Waals surface area contributed by atoms with E-state index in [1.165, 1.54) is 19.6 Å². The SMILES string of the molecule is CCc1ccc(CNc2cnc3c(c2)c(NC(C)=O)c(C(=O)OC)n3C)cc1. The molecule has 0 atom stereocenters. The van der Waals surface area contributed by atoms with Crippen LogP contribution in [0, 0.1) is 0 Å². The Morgan fingerprint density at radius 3 is 2.46 bits per heavy atom. The summed E-state index contributed by atoms with van der Waals surface area (Å²) < 4.78 is 6.49. The number of aryl methyl sites for hydroxylation is 2. The lowest BCUT2D eigenvalue weighted by molar-refractivity contribution is -0.114. The van der Waals surface area contributed by atoms with Crippen molar-refractivity contribution in [3.05, 3.63) is 53.3 Å². The largest absolute Gasteiger partial charge is 0.464 e. The first-order valence-corrected chi connectivity index (χ1v) is 9.10. The molecule has 0 saturated heterocycles. The zero-order chi connectivity index (χ0) is 20.3. The first kappa shape index (κ1) is 19.4. The van der Waals surface area contributed by atoms with Crippen molar-refractivity contribution < 1.29 is 14.3 Å². The Morgan fingerprint density at radius 2 is 1.86 bits per heavy atom. The molecule has 2 aromatic heterocycles. The third-order valence-corrected chi connectivity index (χ3v) is 4.63. The van der Waals surface area contributed by atoms with E-state index in [1.807, 2.05) is 6.07 Å².